The van der Waals surface area contributed by atoms with Gasteiger partial charge in [0.15, 0.2) is 0 Å². The second-order valence-electron chi connectivity index (χ2n) is 7.55. The van der Waals surface area contributed by atoms with Gasteiger partial charge in [0.1, 0.15) is 5.75 Å². The molecule has 0 radical (unpaired) electrons. The lowest BCUT2D eigenvalue weighted by molar-refractivity contribution is 0.475. The fourth-order valence-corrected chi connectivity index (χ4v) is 4.89. The molecule has 0 unspecified atom stereocenters. The van der Waals surface area contributed by atoms with Gasteiger partial charge in [0.05, 0.1) is 5.52 Å². The third-order valence-corrected chi connectivity index (χ3v) is 6.55. The van der Waals surface area contributed by atoms with E-state index in [1.807, 2.05) is 48.2 Å². The largest absolute Gasteiger partial charge is 0.507 e. The van der Waals surface area contributed by atoms with E-state index >= 15 is 0 Å². The number of thioether (sulfide) groups is 1. The summed E-state index contributed by atoms with van der Waals surface area (Å²) in [7, 11) is 0. The molecule has 1 aliphatic rings. The maximum Gasteiger partial charge on any atom is 0.130 e. The smallest absolute Gasteiger partial charge is 0.130 e. The molecule has 3 aromatic carbocycles. The molecule has 146 valence electrons. The maximum absolute atomic E-state index is 10.8. The first-order chi connectivity index (χ1) is 14.8. The van der Waals surface area contributed by atoms with Crippen molar-refractivity contribution in [2.45, 2.75) is 24.2 Å². The Kier molecular flexibility index (Phi) is 5.17. The number of nitrogens with zero attached hydrogens (tertiary/aromatic N) is 1. The Morgan fingerprint density at radius 2 is 1.87 bits per heavy atom. The van der Waals surface area contributed by atoms with Crippen LogP contribution >= 0.6 is 11.8 Å². The van der Waals surface area contributed by atoms with Crippen molar-refractivity contribution in [3.8, 4) is 17.6 Å². The average molecular weight is 408 g/mol. The van der Waals surface area contributed by atoms with Crippen molar-refractivity contribution < 1.29 is 5.11 Å². The Hall–Kier alpha value is -3.22. The van der Waals surface area contributed by atoms with Crippen LogP contribution in [0.25, 0.3) is 10.9 Å². The quantitative estimate of drug-likeness (QED) is 0.438. The summed E-state index contributed by atoms with van der Waals surface area (Å²) in [6.45, 7) is 0. The van der Waals surface area contributed by atoms with E-state index in [9.17, 15) is 5.11 Å². The Bertz CT molecular complexity index is 1280. The monoisotopic (exact) mass is 407 g/mol. The van der Waals surface area contributed by atoms with E-state index in [4.69, 9.17) is 0 Å². The van der Waals surface area contributed by atoms with Crippen molar-refractivity contribution in [1.29, 1.82) is 0 Å². The number of rotatable bonds is 3. The number of aromatic hydroxyl groups is 1. The molecule has 0 spiro atoms. The van der Waals surface area contributed by atoms with Gasteiger partial charge < -0.3 is 5.11 Å². The third-order valence-electron chi connectivity index (χ3n) is 5.43. The third kappa shape index (κ3) is 3.92. The zero-order valence-electron chi connectivity index (χ0n) is 16.6. The van der Waals surface area contributed by atoms with Crippen LogP contribution in [-0.2, 0) is 19.3 Å². The van der Waals surface area contributed by atoms with Gasteiger partial charge in [-0.15, -0.1) is 11.8 Å². The Morgan fingerprint density at radius 1 is 0.967 bits per heavy atom. The summed E-state index contributed by atoms with van der Waals surface area (Å²) in [5.74, 6) is 8.03. The lowest BCUT2D eigenvalue weighted by Crippen LogP contribution is -1.92. The molecule has 2 heterocycles. The van der Waals surface area contributed by atoms with Gasteiger partial charge in [-0.05, 0) is 47.4 Å². The number of hydrogen-bond donors (Lipinski definition) is 1. The number of aromatic nitrogens is 1. The molecule has 1 N–H and O–H groups in total. The second-order valence-corrected chi connectivity index (χ2v) is 8.68. The van der Waals surface area contributed by atoms with Crippen LogP contribution in [0.3, 0.4) is 0 Å². The van der Waals surface area contributed by atoms with Gasteiger partial charge in [0.2, 0.25) is 0 Å². The summed E-state index contributed by atoms with van der Waals surface area (Å²) in [6.07, 6.45) is 4.31. The number of fused-ring (bicyclic) bond motifs is 2. The highest BCUT2D eigenvalue weighted by Gasteiger charge is 2.11. The summed E-state index contributed by atoms with van der Waals surface area (Å²) in [6, 6.07) is 22.7. The van der Waals surface area contributed by atoms with Gasteiger partial charge in [-0.3, -0.25) is 4.98 Å². The van der Waals surface area contributed by atoms with Crippen LogP contribution < -0.4 is 0 Å². The molecule has 0 amide bonds. The number of benzene rings is 3. The summed E-state index contributed by atoms with van der Waals surface area (Å²) in [5.41, 5.74) is 6.37. The van der Waals surface area contributed by atoms with Crippen molar-refractivity contribution in [2.24, 2.45) is 0 Å². The first-order valence-electron chi connectivity index (χ1n) is 10.1. The predicted octanol–water partition coefficient (Wildman–Crippen LogP) is 5.77. The minimum Gasteiger partial charge on any atom is -0.507 e. The molecule has 0 atom stereocenters. The van der Waals surface area contributed by atoms with E-state index in [1.54, 1.807) is 6.20 Å². The van der Waals surface area contributed by atoms with Crippen LogP contribution in [0, 0.1) is 11.8 Å². The lowest BCUT2D eigenvalue weighted by atomic mass is 10.0. The first-order valence-corrected chi connectivity index (χ1v) is 11.1. The zero-order chi connectivity index (χ0) is 20.3. The molecule has 1 aliphatic heterocycles. The highest BCUT2D eigenvalue weighted by Crippen LogP contribution is 2.32. The molecular formula is C27H21NOS. The van der Waals surface area contributed by atoms with Crippen molar-refractivity contribution in [2.75, 3.05) is 5.75 Å². The Morgan fingerprint density at radius 3 is 2.77 bits per heavy atom. The summed E-state index contributed by atoms with van der Waals surface area (Å²) in [4.78, 5) is 5.94. The highest BCUT2D eigenvalue weighted by atomic mass is 32.2. The van der Waals surface area contributed by atoms with Crippen molar-refractivity contribution in [3.05, 3.63) is 101 Å². The van der Waals surface area contributed by atoms with Crippen LogP contribution in [0.5, 0.6) is 5.75 Å². The highest BCUT2D eigenvalue weighted by molar-refractivity contribution is 7.99. The normalized spacial score (nSPS) is 12.4. The van der Waals surface area contributed by atoms with Crippen LogP contribution in [0.4, 0.5) is 0 Å². The topological polar surface area (TPSA) is 33.1 Å². The number of hydrogen-bond acceptors (Lipinski definition) is 3. The van der Waals surface area contributed by atoms with E-state index in [2.05, 4.69) is 47.2 Å². The standard InChI is InChI=1S/C27H21NOS/c29-27-23(16-19-5-2-1-3-6-19)18-28-25-11-9-21(17-24(25)27)8-4-7-20-10-12-26-22(15-20)13-14-30-26/h1-3,5-6,9-12,15,17-18H,7,13-14,16H2,(H,28,29). The van der Waals surface area contributed by atoms with E-state index < -0.39 is 0 Å². The van der Waals surface area contributed by atoms with E-state index in [0.29, 0.717) is 12.2 Å². The molecule has 30 heavy (non-hydrogen) atoms. The van der Waals surface area contributed by atoms with Crippen LogP contribution in [0.2, 0.25) is 0 Å². The predicted molar refractivity (Wildman–Crippen MR) is 124 cm³/mol. The maximum atomic E-state index is 10.8. The molecule has 0 aliphatic carbocycles. The van der Waals surface area contributed by atoms with E-state index in [-0.39, 0.29) is 0 Å². The minimum atomic E-state index is 0.295. The van der Waals surface area contributed by atoms with E-state index in [1.165, 1.54) is 21.8 Å². The fraction of sp³-hybridized carbons (Fsp3) is 0.148. The van der Waals surface area contributed by atoms with Gasteiger partial charge in [-0.2, -0.15) is 0 Å². The van der Waals surface area contributed by atoms with Gasteiger partial charge in [-0.1, -0.05) is 54.3 Å². The molecule has 5 rings (SSSR count). The van der Waals surface area contributed by atoms with Crippen LogP contribution in [-0.4, -0.2) is 15.8 Å². The Balaban J connectivity index is 1.39. The van der Waals surface area contributed by atoms with Gasteiger partial charge in [0.25, 0.3) is 0 Å². The summed E-state index contributed by atoms with van der Waals surface area (Å²) in [5, 5.41) is 11.6. The minimum absolute atomic E-state index is 0.295. The molecule has 0 bridgehead atoms. The SMILES string of the molecule is Oc1c(Cc2ccccc2)cnc2ccc(C#CCc3ccc4c(c3)CCS4)cc12. The number of pyridine rings is 1. The van der Waals surface area contributed by atoms with Gasteiger partial charge in [0, 0.05) is 46.2 Å². The average Bonchev–Trinajstić information content (AvgIpc) is 3.25. The molecular weight excluding hydrogens is 386 g/mol. The first kappa shape index (κ1) is 18.8. The molecule has 0 fully saturated rings. The van der Waals surface area contributed by atoms with E-state index in [0.717, 1.165) is 40.4 Å². The van der Waals surface area contributed by atoms with Crippen LogP contribution in [0.15, 0.2) is 77.8 Å². The molecule has 3 heteroatoms. The second kappa shape index (κ2) is 8.26. The zero-order valence-corrected chi connectivity index (χ0v) is 17.4. The molecule has 4 aromatic rings. The lowest BCUT2D eigenvalue weighted by Gasteiger charge is -2.08. The fourth-order valence-electron chi connectivity index (χ4n) is 3.84. The molecule has 0 saturated carbocycles. The van der Waals surface area contributed by atoms with Gasteiger partial charge in [-0.25, -0.2) is 0 Å². The summed E-state index contributed by atoms with van der Waals surface area (Å²) >= 11 is 1.94. The molecule has 1 aromatic heterocycles. The summed E-state index contributed by atoms with van der Waals surface area (Å²) < 4.78 is 0. The molecule has 2 nitrogen and oxygen atoms in total. The van der Waals surface area contributed by atoms with Crippen molar-refractivity contribution in [3.63, 3.8) is 0 Å². The Labute approximate surface area is 181 Å². The number of aryl methyl sites for hydroxylation is 1. The van der Waals surface area contributed by atoms with Crippen molar-refractivity contribution >= 4 is 22.7 Å². The van der Waals surface area contributed by atoms with Crippen molar-refractivity contribution in [1.82, 2.24) is 4.98 Å². The molecule has 0 saturated heterocycles. The van der Waals surface area contributed by atoms with Gasteiger partial charge >= 0.3 is 0 Å². The van der Waals surface area contributed by atoms with Crippen LogP contribution in [0.1, 0.15) is 27.8 Å².